The third-order valence-corrected chi connectivity index (χ3v) is 12.0. The van der Waals surface area contributed by atoms with Crippen molar-refractivity contribution in [1.29, 1.82) is 0 Å². The largest absolute Gasteiger partial charge is 0.483 e. The van der Waals surface area contributed by atoms with Crippen molar-refractivity contribution in [3.05, 3.63) is 144 Å². The first-order chi connectivity index (χ1) is 38.5. The first-order valence-corrected chi connectivity index (χ1v) is 26.1. The van der Waals surface area contributed by atoms with Gasteiger partial charge >= 0.3 is 18.2 Å². The van der Waals surface area contributed by atoms with Gasteiger partial charge in [-0.05, 0) is 135 Å². The van der Waals surface area contributed by atoms with Crippen LogP contribution < -0.4 is 27.9 Å². The number of hydrazine groups is 2. The third kappa shape index (κ3) is 21.4. The van der Waals surface area contributed by atoms with E-state index < -0.39 is 59.3 Å². The summed E-state index contributed by atoms with van der Waals surface area (Å²) in [6, 6.07) is 31.3. The second kappa shape index (κ2) is 31.7. The summed E-state index contributed by atoms with van der Waals surface area (Å²) in [6.07, 6.45) is 3.51. The van der Waals surface area contributed by atoms with E-state index in [-0.39, 0.29) is 36.6 Å². The highest BCUT2D eigenvalue weighted by atomic mass is 19.1. The van der Waals surface area contributed by atoms with E-state index in [2.05, 4.69) is 21.0 Å². The smallest absolute Gasteiger partial charge is 0.411 e. The first-order valence-electron chi connectivity index (χ1n) is 26.1. The summed E-state index contributed by atoms with van der Waals surface area (Å²) >= 11 is 0. The van der Waals surface area contributed by atoms with E-state index in [1.54, 1.807) is 119 Å². The van der Waals surface area contributed by atoms with Crippen LogP contribution in [0.1, 0.15) is 125 Å². The van der Waals surface area contributed by atoms with Crippen LogP contribution in [0.4, 0.5) is 14.0 Å². The van der Waals surface area contributed by atoms with Crippen LogP contribution in [0.25, 0.3) is 11.5 Å². The number of halogens is 1. The number of nitrogen functional groups attached to an aromatic ring is 1. The minimum atomic E-state index is -0.960. The summed E-state index contributed by atoms with van der Waals surface area (Å²) in [5.74, 6) is 3.35. The van der Waals surface area contributed by atoms with Crippen molar-refractivity contribution in [2.24, 2.45) is 11.6 Å². The lowest BCUT2D eigenvalue weighted by molar-refractivity contribution is -0.142. The average molecular weight is 1130 g/mol. The number of carboxylic acid groups (broad SMARTS) is 2. The van der Waals surface area contributed by atoms with Gasteiger partial charge in [0.2, 0.25) is 17.7 Å². The van der Waals surface area contributed by atoms with Gasteiger partial charge in [-0.25, -0.2) is 24.6 Å². The molecule has 3 aliphatic heterocycles. The predicted molar refractivity (Wildman–Crippen MR) is 295 cm³/mol. The number of hydrogen-bond acceptors (Lipinski definition) is 15. The molecule has 436 valence electrons. The molecule has 3 fully saturated rings. The number of carbonyl (C=O) groups excluding carboxylic acids is 6. The Hall–Kier alpha value is -8.77. The number of hydrogen-bond donors (Lipinski definition) is 7. The third-order valence-electron chi connectivity index (χ3n) is 12.0. The Morgan fingerprint density at radius 3 is 1.68 bits per heavy atom. The number of nitrogens with one attached hydrogen (secondary N) is 3. The van der Waals surface area contributed by atoms with E-state index in [0.717, 1.165) is 24.8 Å². The second-order valence-corrected chi connectivity index (χ2v) is 20.6. The van der Waals surface area contributed by atoms with Gasteiger partial charge < -0.3 is 34.7 Å². The van der Waals surface area contributed by atoms with Gasteiger partial charge in [0.1, 0.15) is 35.1 Å². The maximum atomic E-state index is 13.8. The van der Waals surface area contributed by atoms with Crippen LogP contribution in [0.15, 0.2) is 120 Å². The van der Waals surface area contributed by atoms with Crippen LogP contribution in [-0.4, -0.2) is 132 Å². The summed E-state index contributed by atoms with van der Waals surface area (Å²) < 4.78 is 30.1. The minimum Gasteiger partial charge on any atom is -0.483 e. The number of rotatable bonds is 10. The van der Waals surface area contributed by atoms with Crippen LogP contribution in [-0.2, 0) is 35.1 Å². The molecule has 24 heteroatoms. The lowest BCUT2D eigenvalue weighted by Gasteiger charge is -2.28. The number of benzene rings is 4. The van der Waals surface area contributed by atoms with Gasteiger partial charge in [0.25, 0.3) is 24.2 Å². The van der Waals surface area contributed by atoms with Crippen LogP contribution in [0, 0.1) is 5.82 Å². The molecule has 6 amide bonds. The van der Waals surface area contributed by atoms with Crippen molar-refractivity contribution < 1.29 is 66.9 Å². The highest BCUT2D eigenvalue weighted by Crippen LogP contribution is 2.33. The number of carbonyl (C=O) groups is 8. The number of nitrogens with zero attached hydrogens (tertiary/aromatic N) is 5. The van der Waals surface area contributed by atoms with Gasteiger partial charge in [-0.2, -0.15) is 0 Å². The number of ether oxygens (including phenoxy) is 2. The number of aliphatic carboxylic acids is 1. The number of aromatic nitrogens is 2. The summed E-state index contributed by atoms with van der Waals surface area (Å²) in [6.45, 7) is 11.9. The molecule has 9 N–H and O–H groups in total. The molecule has 0 radical (unpaired) electrons. The molecule has 5 aromatic rings. The predicted octanol–water partition coefficient (Wildman–Crippen LogP) is 6.81. The van der Waals surface area contributed by atoms with E-state index in [9.17, 15) is 38.0 Å². The molecule has 3 saturated heterocycles. The van der Waals surface area contributed by atoms with Crippen LogP contribution in [0.2, 0.25) is 0 Å². The molecule has 8 rings (SSSR count). The molecule has 1 aromatic heterocycles. The Morgan fingerprint density at radius 2 is 1.16 bits per heavy atom. The number of nitrogens with two attached hydrogens (primary N) is 2. The van der Waals surface area contributed by atoms with Gasteiger partial charge in [-0.1, -0.05) is 72.8 Å². The zero-order valence-corrected chi connectivity index (χ0v) is 46.3. The quantitative estimate of drug-likeness (QED) is 0.0327. The molecule has 0 aliphatic carbocycles. The van der Waals surface area contributed by atoms with Gasteiger partial charge in [0, 0.05) is 48.8 Å². The highest BCUT2D eigenvalue weighted by molar-refractivity contribution is 5.96. The number of carboxylic acids is 1. The molecule has 0 bridgehead atoms. The van der Waals surface area contributed by atoms with Gasteiger partial charge in [0.05, 0.1) is 0 Å². The second-order valence-electron chi connectivity index (χ2n) is 20.6. The van der Waals surface area contributed by atoms with Crippen molar-refractivity contribution in [3.8, 4) is 11.5 Å². The normalized spacial score (nSPS) is 16.6. The van der Waals surface area contributed by atoms with Crippen LogP contribution in [0.5, 0.6) is 0 Å². The minimum absolute atomic E-state index is 0.0733. The maximum absolute atomic E-state index is 13.8. The monoisotopic (exact) mass is 1120 g/mol. The summed E-state index contributed by atoms with van der Waals surface area (Å²) in [5, 5.41) is 24.1. The fraction of sp³-hybridized carbons (Fsp3) is 0.404. The highest BCUT2D eigenvalue weighted by Gasteiger charge is 2.38. The Morgan fingerprint density at radius 1 is 0.691 bits per heavy atom. The molecular formula is C57H73FN10O13. The molecule has 0 unspecified atom stereocenters. The zero-order chi connectivity index (χ0) is 59.7. The fourth-order valence-electron chi connectivity index (χ4n) is 8.43. The van der Waals surface area contributed by atoms with Crippen molar-refractivity contribution in [2.75, 3.05) is 19.6 Å². The van der Waals surface area contributed by atoms with Crippen molar-refractivity contribution in [2.45, 2.75) is 128 Å². The SMILES string of the molecule is CC(C)(C)OC(=O)N1CCC[C@H]1C(=O)NNC(=O)c1ccccc1.CC(C)(C)OC(=O)N1CCC[C@H]1C(=O)O.NNC(=O)c1ccccc1.N[C@@H](CC(=O)N1CCC[C@H]1c1nnc(-c2ccccc2)o1)Cc1ccccc1F.O=CO. The lowest BCUT2D eigenvalue weighted by Crippen LogP contribution is -2.52. The zero-order valence-electron chi connectivity index (χ0n) is 46.3. The number of amides is 6. The Kier molecular flexibility index (Phi) is 25.4. The Labute approximate surface area is 469 Å². The summed E-state index contributed by atoms with van der Waals surface area (Å²) in [5.41, 5.74) is 14.1. The van der Waals surface area contributed by atoms with E-state index >= 15 is 0 Å². The van der Waals surface area contributed by atoms with E-state index in [1.165, 1.54) is 15.9 Å². The molecule has 0 spiro atoms. The molecule has 4 heterocycles. The Bertz CT molecular complexity index is 2830. The van der Waals surface area contributed by atoms with Crippen LogP contribution >= 0.6 is 0 Å². The fourth-order valence-corrected chi connectivity index (χ4v) is 8.43. The molecule has 0 saturated carbocycles. The average Bonchev–Trinajstić information content (AvgIpc) is 4.34. The first kappa shape index (κ1) is 64.8. The van der Waals surface area contributed by atoms with Crippen molar-refractivity contribution in [3.63, 3.8) is 0 Å². The van der Waals surface area contributed by atoms with Gasteiger partial charge in [0.15, 0.2) is 0 Å². The van der Waals surface area contributed by atoms with Crippen molar-refractivity contribution in [1.82, 2.24) is 41.2 Å². The summed E-state index contributed by atoms with van der Waals surface area (Å²) in [4.78, 5) is 95.3. The van der Waals surface area contributed by atoms with E-state index in [0.29, 0.717) is 73.8 Å². The summed E-state index contributed by atoms with van der Waals surface area (Å²) in [7, 11) is 0. The number of likely N-dealkylation sites (tertiary alicyclic amines) is 3. The molecule has 23 nitrogen and oxygen atoms in total. The molecule has 81 heavy (non-hydrogen) atoms. The standard InChI is InChI=1S/C22H23FN4O2.C17H23N3O4.C10H17NO4.C7H8N2O.CH2O2/c23-18-10-5-4-9-16(18)13-17(24)14-20(28)27-12-6-11-19(27)22-26-25-21(29-22)15-7-2-1-3-8-15;1-17(2,3)24-16(23)20-11-7-10-13(20)15(22)19-18-14(21)12-8-5-4-6-9-12;1-10(2,3)15-9(14)11-6-4-5-7(11)8(12)13;8-9-7(10)6-4-2-1-3-5-6;2-1-3/h1-5,7-10,17,19H,6,11-14,24H2;4-6,8-9,13H,7,10-11H2,1-3H3,(H,18,21)(H,19,22);7H,4-6H2,1-3H3,(H,12,13);1-5H,8H2,(H,9,10);1H,(H,2,3)/t17-,19+;13-;7-;;/m100../s1. The van der Waals surface area contributed by atoms with E-state index in [4.69, 9.17) is 40.5 Å². The lowest BCUT2D eigenvalue weighted by atomic mass is 10.0. The molecule has 4 aromatic carbocycles. The molecule has 3 aliphatic rings. The van der Waals surface area contributed by atoms with Crippen LogP contribution in [0.3, 0.4) is 0 Å². The molecule has 4 atom stereocenters. The van der Waals surface area contributed by atoms with Crippen molar-refractivity contribution >= 4 is 48.3 Å². The van der Waals surface area contributed by atoms with Gasteiger partial charge in [-0.15, -0.1) is 10.2 Å². The van der Waals surface area contributed by atoms with E-state index in [1.807, 2.05) is 41.8 Å². The Balaban J connectivity index is 0.000000243. The topological polar surface area (TPSA) is 332 Å². The molecular weight excluding hydrogens is 1050 g/mol. The maximum Gasteiger partial charge on any atom is 0.411 e. The van der Waals surface area contributed by atoms with Gasteiger partial charge in [-0.3, -0.25) is 50.0 Å².